The molecule has 0 saturated heterocycles. The molecule has 0 aliphatic carbocycles. The standard InChI is InChI=1S/C17H21FN4O2/c1-13-19-17(16(22(23)24)12-21(13)11-8-18)20-9-6-14-4-2-3-5-15(14)7-10-20/h2-5,12-13H,6-11H2,1H3. The van der Waals surface area contributed by atoms with Crippen LogP contribution < -0.4 is 0 Å². The zero-order chi connectivity index (χ0) is 17.1. The number of aliphatic imine (C=N–C) groups is 1. The van der Waals surface area contributed by atoms with E-state index in [0.717, 1.165) is 12.8 Å². The number of nitro groups is 1. The Morgan fingerprint density at radius 1 is 1.29 bits per heavy atom. The van der Waals surface area contributed by atoms with E-state index in [4.69, 9.17) is 0 Å². The molecule has 0 bridgehead atoms. The summed E-state index contributed by atoms with van der Waals surface area (Å²) in [7, 11) is 0. The summed E-state index contributed by atoms with van der Waals surface area (Å²) >= 11 is 0. The number of amidine groups is 1. The van der Waals surface area contributed by atoms with Crippen molar-refractivity contribution in [3.8, 4) is 0 Å². The fourth-order valence-electron chi connectivity index (χ4n) is 3.24. The minimum absolute atomic E-state index is 0.0486. The first-order chi connectivity index (χ1) is 11.6. The van der Waals surface area contributed by atoms with Gasteiger partial charge in [-0.25, -0.2) is 9.38 Å². The molecule has 3 rings (SSSR count). The highest BCUT2D eigenvalue weighted by Gasteiger charge is 2.32. The van der Waals surface area contributed by atoms with Gasteiger partial charge in [-0.15, -0.1) is 0 Å². The molecule has 2 aliphatic heterocycles. The molecule has 6 nitrogen and oxygen atoms in total. The van der Waals surface area contributed by atoms with Crippen molar-refractivity contribution >= 4 is 5.84 Å². The van der Waals surface area contributed by atoms with Crippen LogP contribution in [-0.2, 0) is 12.8 Å². The van der Waals surface area contributed by atoms with Crippen molar-refractivity contribution in [1.82, 2.24) is 9.80 Å². The molecular weight excluding hydrogens is 311 g/mol. The summed E-state index contributed by atoms with van der Waals surface area (Å²) in [6.07, 6.45) is 2.81. The fraction of sp³-hybridized carbons (Fsp3) is 0.471. The molecule has 0 radical (unpaired) electrons. The Hall–Kier alpha value is -2.44. The molecule has 1 aromatic rings. The number of rotatable bonds is 3. The van der Waals surface area contributed by atoms with Crippen molar-refractivity contribution in [2.45, 2.75) is 25.9 Å². The summed E-state index contributed by atoms with van der Waals surface area (Å²) in [5.74, 6) is 0.412. The molecule has 0 fully saturated rings. The van der Waals surface area contributed by atoms with Crippen LogP contribution in [-0.4, -0.2) is 53.0 Å². The summed E-state index contributed by atoms with van der Waals surface area (Å²) in [5, 5.41) is 11.5. The van der Waals surface area contributed by atoms with E-state index in [2.05, 4.69) is 17.1 Å². The zero-order valence-corrected chi connectivity index (χ0v) is 13.7. The molecule has 2 heterocycles. The average Bonchev–Trinajstić information content (AvgIpc) is 2.79. The second-order valence-corrected chi connectivity index (χ2v) is 6.04. The van der Waals surface area contributed by atoms with Gasteiger partial charge < -0.3 is 9.80 Å². The monoisotopic (exact) mass is 332 g/mol. The van der Waals surface area contributed by atoms with E-state index >= 15 is 0 Å². The molecule has 0 saturated carbocycles. The Bertz CT molecular complexity index is 662. The first kappa shape index (κ1) is 16.4. The number of hydrogen-bond acceptors (Lipinski definition) is 5. The van der Waals surface area contributed by atoms with Gasteiger partial charge in [0, 0.05) is 19.6 Å². The van der Waals surface area contributed by atoms with E-state index in [1.807, 2.05) is 24.0 Å². The normalized spacial score (nSPS) is 20.8. The minimum atomic E-state index is -0.560. The molecule has 7 heteroatoms. The number of fused-ring (bicyclic) bond motifs is 1. The first-order valence-electron chi connectivity index (χ1n) is 8.18. The molecule has 24 heavy (non-hydrogen) atoms. The average molecular weight is 332 g/mol. The van der Waals surface area contributed by atoms with Crippen molar-refractivity contribution in [3.05, 3.63) is 57.4 Å². The van der Waals surface area contributed by atoms with E-state index < -0.39 is 11.6 Å². The fourth-order valence-corrected chi connectivity index (χ4v) is 3.24. The van der Waals surface area contributed by atoms with Crippen LogP contribution in [0.5, 0.6) is 0 Å². The van der Waals surface area contributed by atoms with Crippen LogP contribution in [0.25, 0.3) is 0 Å². The molecule has 0 aromatic heterocycles. The van der Waals surface area contributed by atoms with Gasteiger partial charge >= 0.3 is 5.70 Å². The van der Waals surface area contributed by atoms with Crippen LogP contribution in [0.4, 0.5) is 4.39 Å². The van der Waals surface area contributed by atoms with Crippen LogP contribution >= 0.6 is 0 Å². The predicted molar refractivity (Wildman–Crippen MR) is 90.1 cm³/mol. The lowest BCUT2D eigenvalue weighted by Gasteiger charge is -2.31. The van der Waals surface area contributed by atoms with Gasteiger partial charge in [0.05, 0.1) is 11.1 Å². The van der Waals surface area contributed by atoms with Crippen molar-refractivity contribution in [3.63, 3.8) is 0 Å². The molecule has 1 unspecified atom stereocenters. The number of benzene rings is 1. The Morgan fingerprint density at radius 3 is 2.46 bits per heavy atom. The smallest absolute Gasteiger partial charge is 0.326 e. The van der Waals surface area contributed by atoms with Crippen molar-refractivity contribution in [2.75, 3.05) is 26.3 Å². The van der Waals surface area contributed by atoms with Gasteiger partial charge in [0.15, 0.2) is 0 Å². The predicted octanol–water partition coefficient (Wildman–Crippen LogP) is 2.23. The van der Waals surface area contributed by atoms with E-state index in [1.54, 1.807) is 4.90 Å². The second kappa shape index (κ2) is 6.98. The van der Waals surface area contributed by atoms with E-state index in [0.29, 0.717) is 18.9 Å². The molecule has 0 N–H and O–H groups in total. The minimum Gasteiger partial charge on any atom is -0.350 e. The molecule has 1 atom stereocenters. The first-order valence-corrected chi connectivity index (χ1v) is 8.18. The number of alkyl halides is 1. The van der Waals surface area contributed by atoms with Gasteiger partial charge in [0.1, 0.15) is 12.8 Å². The molecule has 1 aromatic carbocycles. The quantitative estimate of drug-likeness (QED) is 0.629. The van der Waals surface area contributed by atoms with Gasteiger partial charge in [-0.1, -0.05) is 24.3 Å². The van der Waals surface area contributed by atoms with Crippen LogP contribution in [0.15, 0.2) is 41.2 Å². The molecule has 128 valence electrons. The third-order valence-corrected chi connectivity index (χ3v) is 4.57. The maximum Gasteiger partial charge on any atom is 0.326 e. The second-order valence-electron chi connectivity index (χ2n) is 6.04. The summed E-state index contributed by atoms with van der Waals surface area (Å²) in [6.45, 7) is 2.76. The van der Waals surface area contributed by atoms with Crippen LogP contribution in [0.2, 0.25) is 0 Å². The molecule has 0 amide bonds. The summed E-state index contributed by atoms with van der Waals surface area (Å²) in [6, 6.07) is 8.26. The van der Waals surface area contributed by atoms with Gasteiger partial charge in [-0.3, -0.25) is 10.1 Å². The lowest BCUT2D eigenvalue weighted by atomic mass is 10.0. The third-order valence-electron chi connectivity index (χ3n) is 4.57. The SMILES string of the molecule is CC1N=C(N2CCc3ccccc3CC2)C([N+](=O)[O-])=CN1CCF. The highest BCUT2D eigenvalue weighted by molar-refractivity contribution is 5.96. The lowest BCUT2D eigenvalue weighted by Crippen LogP contribution is -2.43. The Kier molecular flexibility index (Phi) is 4.78. The summed E-state index contributed by atoms with van der Waals surface area (Å²) in [5.41, 5.74) is 2.53. The molecule has 0 spiro atoms. The van der Waals surface area contributed by atoms with Crippen LogP contribution in [0.1, 0.15) is 18.1 Å². The van der Waals surface area contributed by atoms with E-state index in [9.17, 15) is 14.5 Å². The van der Waals surface area contributed by atoms with Crippen molar-refractivity contribution in [2.24, 2.45) is 4.99 Å². The van der Waals surface area contributed by atoms with Gasteiger partial charge in [0.2, 0.25) is 5.84 Å². The molecule has 2 aliphatic rings. The highest BCUT2D eigenvalue weighted by Crippen LogP contribution is 2.21. The number of hydrogen-bond donors (Lipinski definition) is 0. The zero-order valence-electron chi connectivity index (χ0n) is 13.7. The highest BCUT2D eigenvalue weighted by atomic mass is 19.1. The Balaban J connectivity index is 1.84. The summed E-state index contributed by atoms with van der Waals surface area (Å²) < 4.78 is 12.6. The van der Waals surface area contributed by atoms with E-state index in [-0.39, 0.29) is 18.4 Å². The number of halogens is 1. The van der Waals surface area contributed by atoms with Gasteiger partial charge in [-0.05, 0) is 30.9 Å². The largest absolute Gasteiger partial charge is 0.350 e. The molecular formula is C17H21FN4O2. The van der Waals surface area contributed by atoms with Crippen LogP contribution in [0, 0.1) is 10.1 Å². The maximum absolute atomic E-state index is 12.6. The number of nitrogens with zero attached hydrogens (tertiary/aromatic N) is 4. The van der Waals surface area contributed by atoms with Gasteiger partial charge in [0.25, 0.3) is 0 Å². The van der Waals surface area contributed by atoms with Crippen LogP contribution in [0.3, 0.4) is 0 Å². The third kappa shape index (κ3) is 3.25. The Labute approximate surface area is 140 Å². The van der Waals surface area contributed by atoms with Crippen molar-refractivity contribution < 1.29 is 9.31 Å². The summed E-state index contributed by atoms with van der Waals surface area (Å²) in [4.78, 5) is 19.1. The van der Waals surface area contributed by atoms with Gasteiger partial charge in [-0.2, -0.15) is 0 Å². The topological polar surface area (TPSA) is 62.0 Å². The Morgan fingerprint density at radius 2 is 1.92 bits per heavy atom. The van der Waals surface area contributed by atoms with Crippen molar-refractivity contribution in [1.29, 1.82) is 0 Å². The van der Waals surface area contributed by atoms with E-state index in [1.165, 1.54) is 17.3 Å². The maximum atomic E-state index is 12.6. The lowest BCUT2D eigenvalue weighted by molar-refractivity contribution is -0.417.